The SMILES string of the molecule is CCC(=O)N1CCC(NC(=NC)NCCCN2CCN(c3ccccc3)CC2)C1. The van der Waals surface area contributed by atoms with E-state index >= 15 is 0 Å². The van der Waals surface area contributed by atoms with Crippen LogP contribution >= 0.6 is 0 Å². The van der Waals surface area contributed by atoms with Crippen LogP contribution in [-0.2, 0) is 4.79 Å². The van der Waals surface area contributed by atoms with Crippen LogP contribution in [0.3, 0.4) is 0 Å². The molecular formula is C22H36N6O. The fourth-order valence-electron chi connectivity index (χ4n) is 4.09. The minimum Gasteiger partial charge on any atom is -0.369 e. The summed E-state index contributed by atoms with van der Waals surface area (Å²) in [6, 6.07) is 11.0. The second-order valence-corrected chi connectivity index (χ2v) is 7.84. The first kappa shape index (κ1) is 21.4. The van der Waals surface area contributed by atoms with E-state index in [1.807, 2.05) is 18.9 Å². The van der Waals surface area contributed by atoms with Crippen LogP contribution in [0.2, 0.25) is 0 Å². The van der Waals surface area contributed by atoms with E-state index in [0.29, 0.717) is 12.5 Å². The summed E-state index contributed by atoms with van der Waals surface area (Å²) in [6.45, 7) is 9.97. The third kappa shape index (κ3) is 6.35. The molecule has 3 rings (SSSR count). The third-order valence-electron chi connectivity index (χ3n) is 5.85. The topological polar surface area (TPSA) is 63.2 Å². The molecule has 1 aromatic rings. The number of rotatable bonds is 7. The number of amides is 1. The van der Waals surface area contributed by atoms with E-state index in [-0.39, 0.29) is 5.91 Å². The van der Waals surface area contributed by atoms with Crippen molar-refractivity contribution in [3.05, 3.63) is 30.3 Å². The van der Waals surface area contributed by atoms with Gasteiger partial charge in [-0.05, 0) is 31.5 Å². The van der Waals surface area contributed by atoms with E-state index in [9.17, 15) is 4.79 Å². The first-order valence-electron chi connectivity index (χ1n) is 11.0. The second kappa shape index (κ2) is 11.0. The Hall–Kier alpha value is -2.28. The number of nitrogens with zero attached hydrogens (tertiary/aromatic N) is 4. The highest BCUT2D eigenvalue weighted by molar-refractivity contribution is 5.80. The Morgan fingerprint density at radius 3 is 2.59 bits per heavy atom. The van der Waals surface area contributed by atoms with E-state index in [1.165, 1.54) is 5.69 Å². The predicted octanol–water partition coefficient (Wildman–Crippen LogP) is 1.37. The van der Waals surface area contributed by atoms with Crippen molar-refractivity contribution in [1.29, 1.82) is 0 Å². The Labute approximate surface area is 175 Å². The lowest BCUT2D eigenvalue weighted by atomic mass is 10.2. The largest absolute Gasteiger partial charge is 0.369 e. The highest BCUT2D eigenvalue weighted by Crippen LogP contribution is 2.15. The Bertz CT molecular complexity index is 657. The summed E-state index contributed by atoms with van der Waals surface area (Å²) < 4.78 is 0. The van der Waals surface area contributed by atoms with Gasteiger partial charge in [-0.25, -0.2) is 0 Å². The fraction of sp³-hybridized carbons (Fsp3) is 0.636. The molecule has 29 heavy (non-hydrogen) atoms. The molecule has 1 atom stereocenters. The molecule has 2 aliphatic rings. The molecule has 2 fully saturated rings. The maximum absolute atomic E-state index is 11.8. The summed E-state index contributed by atoms with van der Waals surface area (Å²) in [4.78, 5) is 23.1. The molecule has 2 aliphatic heterocycles. The number of piperazine rings is 1. The van der Waals surface area contributed by atoms with Gasteiger partial charge in [0.2, 0.25) is 5.91 Å². The van der Waals surface area contributed by atoms with Crippen LogP contribution in [-0.4, -0.2) is 87.1 Å². The summed E-state index contributed by atoms with van der Waals surface area (Å²) >= 11 is 0. The summed E-state index contributed by atoms with van der Waals surface area (Å²) in [6.07, 6.45) is 2.66. The number of likely N-dealkylation sites (tertiary alicyclic amines) is 1. The standard InChI is InChI=1S/C22H36N6O/c1-3-21(29)28-13-10-19(18-28)25-22(23-2)24-11-7-12-26-14-16-27(17-15-26)20-8-5-4-6-9-20/h4-6,8-9,19H,3,7,10-18H2,1-2H3,(H2,23,24,25). The van der Waals surface area contributed by atoms with Crippen molar-refractivity contribution in [3.63, 3.8) is 0 Å². The normalized spacial score (nSPS) is 20.8. The van der Waals surface area contributed by atoms with Crippen LogP contribution in [0.4, 0.5) is 5.69 Å². The molecule has 7 heteroatoms. The number of hydrogen-bond donors (Lipinski definition) is 2. The average Bonchev–Trinajstić information content (AvgIpc) is 3.25. The second-order valence-electron chi connectivity index (χ2n) is 7.84. The number of benzene rings is 1. The van der Waals surface area contributed by atoms with Crippen molar-refractivity contribution >= 4 is 17.6 Å². The zero-order valence-electron chi connectivity index (χ0n) is 17.9. The Morgan fingerprint density at radius 1 is 1.14 bits per heavy atom. The molecule has 2 N–H and O–H groups in total. The zero-order valence-corrected chi connectivity index (χ0v) is 17.9. The van der Waals surface area contributed by atoms with Crippen molar-refractivity contribution in [1.82, 2.24) is 20.4 Å². The molecule has 0 bridgehead atoms. The maximum Gasteiger partial charge on any atom is 0.222 e. The fourth-order valence-corrected chi connectivity index (χ4v) is 4.09. The molecule has 160 valence electrons. The van der Waals surface area contributed by atoms with E-state index in [0.717, 1.165) is 71.2 Å². The predicted molar refractivity (Wildman–Crippen MR) is 119 cm³/mol. The van der Waals surface area contributed by atoms with Crippen LogP contribution in [0.25, 0.3) is 0 Å². The minimum absolute atomic E-state index is 0.240. The molecule has 1 amide bonds. The highest BCUT2D eigenvalue weighted by Gasteiger charge is 2.25. The van der Waals surface area contributed by atoms with Crippen LogP contribution in [0.1, 0.15) is 26.2 Å². The van der Waals surface area contributed by atoms with Gasteiger partial charge >= 0.3 is 0 Å². The van der Waals surface area contributed by atoms with Gasteiger partial charge < -0.3 is 20.4 Å². The Morgan fingerprint density at radius 2 is 1.90 bits per heavy atom. The molecule has 1 unspecified atom stereocenters. The van der Waals surface area contributed by atoms with Gasteiger partial charge in [0.1, 0.15) is 0 Å². The van der Waals surface area contributed by atoms with Crippen molar-refractivity contribution < 1.29 is 4.79 Å². The summed E-state index contributed by atoms with van der Waals surface area (Å²) in [7, 11) is 1.81. The van der Waals surface area contributed by atoms with Gasteiger partial charge in [-0.15, -0.1) is 0 Å². The molecule has 0 spiro atoms. The summed E-state index contributed by atoms with van der Waals surface area (Å²) in [5, 5.41) is 6.89. The molecule has 2 heterocycles. The van der Waals surface area contributed by atoms with Gasteiger partial charge in [-0.3, -0.25) is 14.7 Å². The third-order valence-corrected chi connectivity index (χ3v) is 5.85. The minimum atomic E-state index is 0.240. The number of guanidine groups is 1. The number of carbonyl (C=O) groups is 1. The summed E-state index contributed by atoms with van der Waals surface area (Å²) in [5.74, 6) is 1.08. The van der Waals surface area contributed by atoms with E-state index < -0.39 is 0 Å². The van der Waals surface area contributed by atoms with Crippen LogP contribution < -0.4 is 15.5 Å². The molecule has 7 nitrogen and oxygen atoms in total. The van der Waals surface area contributed by atoms with Crippen molar-refractivity contribution in [2.45, 2.75) is 32.2 Å². The molecule has 1 aromatic carbocycles. The van der Waals surface area contributed by atoms with Gasteiger partial charge in [0.25, 0.3) is 0 Å². The van der Waals surface area contributed by atoms with E-state index in [4.69, 9.17) is 0 Å². The highest BCUT2D eigenvalue weighted by atomic mass is 16.2. The zero-order chi connectivity index (χ0) is 20.5. The Kier molecular flexibility index (Phi) is 8.16. The van der Waals surface area contributed by atoms with Crippen molar-refractivity contribution in [3.8, 4) is 0 Å². The number of carbonyl (C=O) groups excluding carboxylic acids is 1. The average molecular weight is 401 g/mol. The summed E-state index contributed by atoms with van der Waals surface area (Å²) in [5.41, 5.74) is 1.33. The lowest BCUT2D eigenvalue weighted by molar-refractivity contribution is -0.129. The maximum atomic E-state index is 11.8. The lowest BCUT2D eigenvalue weighted by Crippen LogP contribution is -2.48. The van der Waals surface area contributed by atoms with E-state index in [2.05, 4.69) is 55.8 Å². The van der Waals surface area contributed by atoms with Crippen molar-refractivity contribution in [2.24, 2.45) is 4.99 Å². The molecular weight excluding hydrogens is 364 g/mol. The van der Waals surface area contributed by atoms with E-state index in [1.54, 1.807) is 0 Å². The van der Waals surface area contributed by atoms with Gasteiger partial charge in [-0.2, -0.15) is 0 Å². The first-order chi connectivity index (χ1) is 14.2. The number of hydrogen-bond acceptors (Lipinski definition) is 4. The molecule has 2 saturated heterocycles. The number of aliphatic imine (C=N–C) groups is 1. The van der Waals surface area contributed by atoms with Gasteiger partial charge in [0, 0.05) is 71.0 Å². The van der Waals surface area contributed by atoms with Crippen molar-refractivity contribution in [2.75, 3.05) is 64.3 Å². The quantitative estimate of drug-likeness (QED) is 0.411. The van der Waals surface area contributed by atoms with Crippen LogP contribution in [0.15, 0.2) is 35.3 Å². The van der Waals surface area contributed by atoms with Crippen LogP contribution in [0, 0.1) is 0 Å². The smallest absolute Gasteiger partial charge is 0.222 e. The van der Waals surface area contributed by atoms with Gasteiger partial charge in [0.15, 0.2) is 5.96 Å². The first-order valence-corrected chi connectivity index (χ1v) is 11.0. The molecule has 0 saturated carbocycles. The van der Waals surface area contributed by atoms with Gasteiger partial charge in [-0.1, -0.05) is 25.1 Å². The molecule has 0 radical (unpaired) electrons. The monoisotopic (exact) mass is 400 g/mol. The molecule has 0 aromatic heterocycles. The number of para-hydroxylation sites is 1. The Balaban J connectivity index is 1.29. The molecule has 0 aliphatic carbocycles. The lowest BCUT2D eigenvalue weighted by Gasteiger charge is -2.36. The number of nitrogens with one attached hydrogen (secondary N) is 2. The van der Waals surface area contributed by atoms with Crippen LogP contribution in [0.5, 0.6) is 0 Å². The van der Waals surface area contributed by atoms with Gasteiger partial charge in [0.05, 0.1) is 0 Å². The number of anilines is 1.